The Hall–Kier alpha value is -1.58. The Kier molecular flexibility index (Phi) is 4.08. The van der Waals surface area contributed by atoms with E-state index in [1.54, 1.807) is 0 Å². The van der Waals surface area contributed by atoms with E-state index in [0.29, 0.717) is 0 Å². The quantitative estimate of drug-likeness (QED) is 0.836. The van der Waals surface area contributed by atoms with Gasteiger partial charge in [0.05, 0.1) is 0 Å². The van der Waals surface area contributed by atoms with Crippen LogP contribution in [0.25, 0.3) is 0 Å². The Balaban J connectivity index is 1.95. The van der Waals surface area contributed by atoms with Gasteiger partial charge < -0.3 is 9.80 Å². The van der Waals surface area contributed by atoms with E-state index in [4.69, 9.17) is 0 Å². The van der Waals surface area contributed by atoms with Crippen LogP contribution in [0.5, 0.6) is 0 Å². The maximum Gasteiger partial charge on any atom is 0.228 e. The fourth-order valence-electron chi connectivity index (χ4n) is 2.26. The van der Waals surface area contributed by atoms with E-state index in [0.717, 1.165) is 38.4 Å². The van der Waals surface area contributed by atoms with E-state index in [9.17, 15) is 4.79 Å². The monoisotopic (exact) mass is 261 g/mol. The van der Waals surface area contributed by atoms with Crippen LogP contribution in [0.1, 0.15) is 27.2 Å². The van der Waals surface area contributed by atoms with Crippen LogP contribution in [0.3, 0.4) is 0 Å². The molecule has 0 bridgehead atoms. The van der Waals surface area contributed by atoms with Gasteiger partial charge in [-0.1, -0.05) is 26.8 Å². The van der Waals surface area contributed by atoms with E-state index in [-0.39, 0.29) is 11.3 Å². The second kappa shape index (κ2) is 5.59. The number of anilines is 1. The average molecular weight is 261 g/mol. The van der Waals surface area contributed by atoms with E-state index < -0.39 is 0 Å². The van der Waals surface area contributed by atoms with Gasteiger partial charge in [0.2, 0.25) is 5.91 Å². The normalized spacial score (nSPS) is 16.6. The minimum absolute atomic E-state index is 0.243. The first kappa shape index (κ1) is 13.8. The molecule has 0 saturated carbocycles. The molecule has 0 spiro atoms. The third-order valence-corrected chi connectivity index (χ3v) is 4.00. The molecule has 1 saturated heterocycles. The number of hydrogen-bond donors (Lipinski definition) is 0. The van der Waals surface area contributed by atoms with Crippen LogP contribution >= 0.6 is 0 Å². The van der Waals surface area contributed by atoms with Gasteiger partial charge in [-0.2, -0.15) is 0 Å². The summed E-state index contributed by atoms with van der Waals surface area (Å²) in [5.41, 5.74) is -0.243. The van der Waals surface area contributed by atoms with Gasteiger partial charge in [-0.15, -0.1) is 0 Å². The zero-order valence-electron chi connectivity index (χ0n) is 12.1. The van der Waals surface area contributed by atoms with Crippen molar-refractivity contribution in [3.05, 3.63) is 24.4 Å². The minimum Gasteiger partial charge on any atom is -0.353 e. The smallest absolute Gasteiger partial charge is 0.228 e. The number of piperazine rings is 1. The molecule has 1 aliphatic rings. The largest absolute Gasteiger partial charge is 0.353 e. The van der Waals surface area contributed by atoms with E-state index in [1.807, 2.05) is 43.1 Å². The first-order valence-corrected chi connectivity index (χ1v) is 7.00. The lowest BCUT2D eigenvalue weighted by molar-refractivity contribution is -0.140. The van der Waals surface area contributed by atoms with Gasteiger partial charge in [0.15, 0.2) is 0 Å². The molecule has 2 heterocycles. The minimum atomic E-state index is -0.243. The van der Waals surface area contributed by atoms with Crippen molar-refractivity contribution in [3.63, 3.8) is 0 Å². The lowest BCUT2D eigenvalue weighted by Gasteiger charge is -2.38. The predicted octanol–water partition coefficient (Wildman–Crippen LogP) is 2.17. The molecule has 1 fully saturated rings. The highest BCUT2D eigenvalue weighted by atomic mass is 16.2. The molecular weight excluding hydrogens is 238 g/mol. The second-order valence-electron chi connectivity index (χ2n) is 5.70. The first-order valence-electron chi connectivity index (χ1n) is 7.00. The molecule has 1 aliphatic heterocycles. The molecule has 4 heteroatoms. The lowest BCUT2D eigenvalue weighted by atomic mass is 9.88. The zero-order chi connectivity index (χ0) is 13.9. The van der Waals surface area contributed by atoms with Crippen LogP contribution in [0.4, 0.5) is 5.82 Å². The highest BCUT2D eigenvalue weighted by molar-refractivity contribution is 5.82. The third kappa shape index (κ3) is 3.06. The molecule has 1 aromatic heterocycles. The summed E-state index contributed by atoms with van der Waals surface area (Å²) in [5.74, 6) is 1.28. The summed E-state index contributed by atoms with van der Waals surface area (Å²) in [5, 5.41) is 0. The van der Waals surface area contributed by atoms with Crippen molar-refractivity contribution >= 4 is 11.7 Å². The molecule has 0 N–H and O–H groups in total. The lowest BCUT2D eigenvalue weighted by Crippen LogP contribution is -2.52. The van der Waals surface area contributed by atoms with E-state index in [1.165, 1.54) is 0 Å². The van der Waals surface area contributed by atoms with Crippen molar-refractivity contribution < 1.29 is 4.79 Å². The van der Waals surface area contributed by atoms with Crippen molar-refractivity contribution in [3.8, 4) is 0 Å². The van der Waals surface area contributed by atoms with Gasteiger partial charge >= 0.3 is 0 Å². The summed E-state index contributed by atoms with van der Waals surface area (Å²) in [6.07, 6.45) is 2.69. The van der Waals surface area contributed by atoms with Gasteiger partial charge in [-0.25, -0.2) is 4.98 Å². The summed E-state index contributed by atoms with van der Waals surface area (Å²) in [4.78, 5) is 21.0. The Bertz CT molecular complexity index is 422. The fraction of sp³-hybridized carbons (Fsp3) is 0.600. The molecule has 0 aromatic carbocycles. The Labute approximate surface area is 115 Å². The molecule has 0 unspecified atom stereocenters. The van der Waals surface area contributed by atoms with Crippen LogP contribution in [0, 0.1) is 5.41 Å². The van der Waals surface area contributed by atoms with Gasteiger partial charge in [0, 0.05) is 37.8 Å². The van der Waals surface area contributed by atoms with Crippen molar-refractivity contribution in [1.82, 2.24) is 9.88 Å². The van der Waals surface area contributed by atoms with E-state index >= 15 is 0 Å². The number of carbonyl (C=O) groups is 1. The standard InChI is InChI=1S/C15H23N3O/c1-4-15(2,3)14(19)18-11-9-17(10-12-18)13-7-5-6-8-16-13/h5-8H,4,9-12H2,1-3H3. The topological polar surface area (TPSA) is 36.4 Å². The van der Waals surface area contributed by atoms with Crippen LogP contribution in [-0.2, 0) is 4.79 Å². The number of pyridine rings is 1. The predicted molar refractivity (Wildman–Crippen MR) is 77.1 cm³/mol. The molecule has 0 radical (unpaired) electrons. The van der Waals surface area contributed by atoms with Crippen molar-refractivity contribution in [1.29, 1.82) is 0 Å². The number of nitrogens with zero attached hydrogens (tertiary/aromatic N) is 3. The van der Waals surface area contributed by atoms with Gasteiger partial charge in [0.1, 0.15) is 5.82 Å². The molecule has 104 valence electrons. The van der Waals surface area contributed by atoms with Crippen molar-refractivity contribution in [2.45, 2.75) is 27.2 Å². The van der Waals surface area contributed by atoms with Crippen molar-refractivity contribution in [2.75, 3.05) is 31.1 Å². The van der Waals surface area contributed by atoms with Gasteiger partial charge in [-0.3, -0.25) is 4.79 Å². The van der Waals surface area contributed by atoms with Crippen LogP contribution < -0.4 is 4.90 Å². The number of aromatic nitrogens is 1. The summed E-state index contributed by atoms with van der Waals surface area (Å²) >= 11 is 0. The van der Waals surface area contributed by atoms with Crippen molar-refractivity contribution in [2.24, 2.45) is 5.41 Å². The zero-order valence-corrected chi connectivity index (χ0v) is 12.1. The molecule has 19 heavy (non-hydrogen) atoms. The second-order valence-corrected chi connectivity index (χ2v) is 5.70. The Morgan fingerprint density at radius 2 is 1.95 bits per heavy atom. The number of carbonyl (C=O) groups excluding carboxylic acids is 1. The van der Waals surface area contributed by atoms with Gasteiger partial charge in [-0.05, 0) is 18.6 Å². The SMILES string of the molecule is CCC(C)(C)C(=O)N1CCN(c2ccccn2)CC1. The third-order valence-electron chi connectivity index (χ3n) is 4.00. The average Bonchev–Trinajstić information content (AvgIpc) is 2.47. The maximum atomic E-state index is 12.4. The van der Waals surface area contributed by atoms with E-state index in [2.05, 4.69) is 16.8 Å². The van der Waals surface area contributed by atoms with Crippen LogP contribution in [0.2, 0.25) is 0 Å². The summed E-state index contributed by atoms with van der Waals surface area (Å²) in [7, 11) is 0. The molecule has 1 aromatic rings. The highest BCUT2D eigenvalue weighted by Gasteiger charge is 2.32. The number of rotatable bonds is 3. The summed E-state index contributed by atoms with van der Waals surface area (Å²) in [6, 6.07) is 5.95. The van der Waals surface area contributed by atoms with Crippen LogP contribution in [0.15, 0.2) is 24.4 Å². The molecule has 0 aliphatic carbocycles. The maximum absolute atomic E-state index is 12.4. The fourth-order valence-corrected chi connectivity index (χ4v) is 2.26. The number of hydrogen-bond acceptors (Lipinski definition) is 3. The molecule has 2 rings (SSSR count). The van der Waals surface area contributed by atoms with Gasteiger partial charge in [0.25, 0.3) is 0 Å². The number of amides is 1. The molecule has 4 nitrogen and oxygen atoms in total. The molecule has 1 amide bonds. The molecular formula is C15H23N3O. The summed E-state index contributed by atoms with van der Waals surface area (Å²) < 4.78 is 0. The highest BCUT2D eigenvalue weighted by Crippen LogP contribution is 2.24. The van der Waals surface area contributed by atoms with Crippen LogP contribution in [-0.4, -0.2) is 42.0 Å². The Morgan fingerprint density at radius 1 is 1.26 bits per heavy atom. The first-order chi connectivity index (χ1) is 9.04. The Morgan fingerprint density at radius 3 is 2.47 bits per heavy atom. The molecule has 0 atom stereocenters. The summed E-state index contributed by atoms with van der Waals surface area (Å²) in [6.45, 7) is 9.44.